The first-order valence-corrected chi connectivity index (χ1v) is 11.8. The molecule has 0 spiro atoms. The second-order valence-corrected chi connectivity index (χ2v) is 8.66. The first kappa shape index (κ1) is 25.1. The summed E-state index contributed by atoms with van der Waals surface area (Å²) in [5.41, 5.74) is 0.894. The minimum Gasteiger partial charge on any atom is -0.376 e. The molecule has 1 fully saturated rings. The summed E-state index contributed by atoms with van der Waals surface area (Å²) < 4.78 is 71.0. The summed E-state index contributed by atoms with van der Waals surface area (Å²) in [5.74, 6) is -4.57. The van der Waals surface area contributed by atoms with Crippen molar-refractivity contribution in [2.24, 2.45) is 0 Å². The Labute approximate surface area is 203 Å². The molecule has 184 valence electrons. The SMILES string of the molecule is C=Cc1ccc(-c2ccc(-c3ccc(CCC4CCC(OCC)CO4)c(F)c3F)c(F)c2F)cc1. The molecule has 2 nitrogen and oxygen atoms in total. The summed E-state index contributed by atoms with van der Waals surface area (Å²) in [7, 11) is 0. The van der Waals surface area contributed by atoms with Gasteiger partial charge in [0.1, 0.15) is 0 Å². The van der Waals surface area contributed by atoms with Crippen LogP contribution in [0.4, 0.5) is 17.6 Å². The second kappa shape index (κ2) is 11.2. The van der Waals surface area contributed by atoms with E-state index in [9.17, 15) is 17.6 Å². The Kier molecular flexibility index (Phi) is 8.04. The molecule has 4 rings (SSSR count). The number of ether oxygens (including phenoxy) is 2. The third-order valence-corrected chi connectivity index (χ3v) is 6.46. The van der Waals surface area contributed by atoms with Gasteiger partial charge in [-0.3, -0.25) is 0 Å². The molecular weight excluding hydrogens is 456 g/mol. The highest BCUT2D eigenvalue weighted by atomic mass is 19.2. The average Bonchev–Trinajstić information content (AvgIpc) is 2.88. The number of hydrogen-bond donors (Lipinski definition) is 0. The van der Waals surface area contributed by atoms with Crippen LogP contribution in [0, 0.1) is 23.3 Å². The van der Waals surface area contributed by atoms with Gasteiger partial charge >= 0.3 is 0 Å². The van der Waals surface area contributed by atoms with Crippen LogP contribution in [0.25, 0.3) is 28.3 Å². The third-order valence-electron chi connectivity index (χ3n) is 6.46. The van der Waals surface area contributed by atoms with Crippen LogP contribution < -0.4 is 0 Å². The van der Waals surface area contributed by atoms with Gasteiger partial charge in [0.2, 0.25) is 0 Å². The van der Waals surface area contributed by atoms with Crippen molar-refractivity contribution in [3.05, 3.63) is 89.5 Å². The Balaban J connectivity index is 1.51. The molecule has 1 saturated heterocycles. The first-order valence-electron chi connectivity index (χ1n) is 11.8. The van der Waals surface area contributed by atoms with Gasteiger partial charge < -0.3 is 9.47 Å². The number of halogens is 4. The lowest BCUT2D eigenvalue weighted by Gasteiger charge is -2.29. The van der Waals surface area contributed by atoms with Crippen molar-refractivity contribution >= 4 is 6.08 Å². The minimum atomic E-state index is -1.22. The molecule has 6 heteroatoms. The largest absolute Gasteiger partial charge is 0.376 e. The van der Waals surface area contributed by atoms with E-state index in [0.717, 1.165) is 18.4 Å². The first-order chi connectivity index (χ1) is 16.9. The third kappa shape index (κ3) is 5.49. The summed E-state index contributed by atoms with van der Waals surface area (Å²) in [4.78, 5) is 0. The van der Waals surface area contributed by atoms with E-state index in [4.69, 9.17) is 9.47 Å². The van der Waals surface area contributed by atoms with E-state index in [2.05, 4.69) is 6.58 Å². The maximum Gasteiger partial charge on any atom is 0.167 e. The lowest BCUT2D eigenvalue weighted by molar-refractivity contribution is -0.0843. The van der Waals surface area contributed by atoms with Crippen molar-refractivity contribution in [3.63, 3.8) is 0 Å². The van der Waals surface area contributed by atoms with Gasteiger partial charge in [-0.15, -0.1) is 0 Å². The predicted molar refractivity (Wildman–Crippen MR) is 130 cm³/mol. The fourth-order valence-electron chi connectivity index (χ4n) is 4.46. The molecule has 1 aliphatic rings. The van der Waals surface area contributed by atoms with E-state index in [1.807, 2.05) is 6.92 Å². The standard InChI is InChI=1S/C29H28F4O2/c1-3-18-5-7-19(8-6-18)23-15-16-25(29(33)27(23)31)24-14-10-20(26(30)28(24)32)9-11-21-12-13-22(17-35-21)34-4-2/h3,5-8,10,14-16,21-22H,1,4,9,11-13,17H2,2H3. The van der Waals surface area contributed by atoms with Crippen molar-refractivity contribution in [2.45, 2.75) is 44.8 Å². The zero-order valence-electron chi connectivity index (χ0n) is 19.6. The maximum absolute atomic E-state index is 15.0. The van der Waals surface area contributed by atoms with Gasteiger partial charge in [0.25, 0.3) is 0 Å². The highest BCUT2D eigenvalue weighted by Gasteiger charge is 2.24. The summed E-state index contributed by atoms with van der Waals surface area (Å²) in [6.07, 6.45) is 4.16. The van der Waals surface area contributed by atoms with Gasteiger partial charge in [-0.2, -0.15) is 0 Å². The molecule has 0 saturated carbocycles. The molecule has 2 unspecified atom stereocenters. The van der Waals surface area contributed by atoms with Crippen LogP contribution >= 0.6 is 0 Å². The Hall–Kier alpha value is -2.96. The van der Waals surface area contributed by atoms with E-state index in [0.29, 0.717) is 25.2 Å². The Morgan fingerprint density at radius 3 is 2.11 bits per heavy atom. The van der Waals surface area contributed by atoms with Crippen LogP contribution in [-0.2, 0) is 15.9 Å². The summed E-state index contributed by atoms with van der Waals surface area (Å²) in [6.45, 7) is 6.72. The van der Waals surface area contributed by atoms with E-state index >= 15 is 0 Å². The molecular formula is C29H28F4O2. The van der Waals surface area contributed by atoms with E-state index in [-0.39, 0.29) is 40.9 Å². The molecule has 35 heavy (non-hydrogen) atoms. The molecule has 0 aliphatic carbocycles. The van der Waals surface area contributed by atoms with Gasteiger partial charge in [0.05, 0.1) is 18.8 Å². The van der Waals surface area contributed by atoms with Crippen LogP contribution in [-0.4, -0.2) is 25.4 Å². The van der Waals surface area contributed by atoms with Crippen molar-refractivity contribution in [3.8, 4) is 22.3 Å². The van der Waals surface area contributed by atoms with Crippen LogP contribution in [0.5, 0.6) is 0 Å². The zero-order valence-corrected chi connectivity index (χ0v) is 19.6. The fourth-order valence-corrected chi connectivity index (χ4v) is 4.46. The number of benzene rings is 3. The summed E-state index contributed by atoms with van der Waals surface area (Å²) >= 11 is 0. The lowest BCUT2D eigenvalue weighted by atomic mass is 9.95. The quantitative estimate of drug-likeness (QED) is 0.305. The van der Waals surface area contributed by atoms with Gasteiger partial charge in [0.15, 0.2) is 23.3 Å². The highest BCUT2D eigenvalue weighted by molar-refractivity contribution is 5.73. The van der Waals surface area contributed by atoms with Gasteiger partial charge in [0, 0.05) is 23.3 Å². The molecule has 0 amide bonds. The molecule has 3 aromatic carbocycles. The minimum absolute atomic E-state index is 0.0402. The molecule has 0 bridgehead atoms. The molecule has 0 aromatic heterocycles. The van der Waals surface area contributed by atoms with Crippen molar-refractivity contribution in [2.75, 3.05) is 13.2 Å². The van der Waals surface area contributed by atoms with Crippen molar-refractivity contribution in [1.82, 2.24) is 0 Å². The van der Waals surface area contributed by atoms with Gasteiger partial charge in [-0.25, -0.2) is 17.6 Å². The monoisotopic (exact) mass is 484 g/mol. The number of hydrogen-bond acceptors (Lipinski definition) is 2. The highest BCUT2D eigenvalue weighted by Crippen LogP contribution is 2.34. The average molecular weight is 485 g/mol. The van der Waals surface area contributed by atoms with Crippen molar-refractivity contribution < 1.29 is 27.0 Å². The fraction of sp³-hybridized carbons (Fsp3) is 0.310. The maximum atomic E-state index is 15.0. The molecule has 0 radical (unpaired) electrons. The van der Waals surface area contributed by atoms with Crippen LogP contribution in [0.1, 0.15) is 37.3 Å². The molecule has 2 atom stereocenters. The van der Waals surface area contributed by atoms with Crippen molar-refractivity contribution in [1.29, 1.82) is 0 Å². The van der Waals surface area contributed by atoms with Crippen LogP contribution in [0.15, 0.2) is 55.1 Å². The van der Waals surface area contributed by atoms with Crippen LogP contribution in [0.2, 0.25) is 0 Å². The normalized spacial score (nSPS) is 18.0. The Morgan fingerprint density at radius 1 is 0.857 bits per heavy atom. The Morgan fingerprint density at radius 2 is 1.49 bits per heavy atom. The summed E-state index contributed by atoms with van der Waals surface area (Å²) in [5, 5.41) is 0. The topological polar surface area (TPSA) is 18.5 Å². The molecule has 1 aliphatic heterocycles. The molecule has 0 N–H and O–H groups in total. The van der Waals surface area contributed by atoms with E-state index < -0.39 is 23.3 Å². The van der Waals surface area contributed by atoms with Gasteiger partial charge in [-0.05, 0) is 49.3 Å². The smallest absolute Gasteiger partial charge is 0.167 e. The zero-order chi connectivity index (χ0) is 24.9. The number of rotatable bonds is 8. The van der Waals surface area contributed by atoms with Crippen LogP contribution in [0.3, 0.4) is 0 Å². The summed E-state index contributed by atoms with van der Waals surface area (Å²) in [6, 6.07) is 12.1. The lowest BCUT2D eigenvalue weighted by Crippen LogP contribution is -2.31. The Bertz CT molecular complexity index is 1180. The van der Waals surface area contributed by atoms with E-state index in [1.165, 1.54) is 24.3 Å². The van der Waals surface area contributed by atoms with E-state index in [1.54, 1.807) is 30.3 Å². The predicted octanol–water partition coefficient (Wildman–Crippen LogP) is 7.74. The molecule has 3 aromatic rings. The second-order valence-electron chi connectivity index (χ2n) is 8.66. The number of aryl methyl sites for hydroxylation is 1. The molecule has 1 heterocycles. The van der Waals surface area contributed by atoms with Gasteiger partial charge in [-0.1, -0.05) is 61.2 Å².